The average Bonchev–Trinajstić information content (AvgIpc) is 3.33. The van der Waals surface area contributed by atoms with E-state index in [0.29, 0.717) is 31.0 Å². The second kappa shape index (κ2) is 7.50. The Balaban J connectivity index is 1.50. The van der Waals surface area contributed by atoms with Gasteiger partial charge in [0.15, 0.2) is 5.82 Å². The Hall–Kier alpha value is -2.49. The highest BCUT2D eigenvalue weighted by Crippen LogP contribution is 2.30. The summed E-state index contributed by atoms with van der Waals surface area (Å²) >= 11 is 0. The topological polar surface area (TPSA) is 67.2 Å². The van der Waals surface area contributed by atoms with E-state index in [9.17, 15) is 18.0 Å². The molecule has 2 aromatic rings. The lowest BCUT2D eigenvalue weighted by molar-refractivity contribution is -0.137. The van der Waals surface area contributed by atoms with E-state index in [1.54, 1.807) is 9.58 Å². The fraction of sp³-hybridized carbons (Fsp3) is 0.556. The molecule has 7 nitrogen and oxygen atoms in total. The second-order valence-corrected chi connectivity index (χ2v) is 7.24. The third kappa shape index (κ3) is 3.87. The van der Waals surface area contributed by atoms with E-state index in [4.69, 9.17) is 0 Å². The highest BCUT2D eigenvalue weighted by Gasteiger charge is 2.35. The molecule has 1 fully saturated rings. The quantitative estimate of drug-likeness (QED) is 0.793. The number of alkyl halides is 3. The first kappa shape index (κ1) is 18.9. The molecular weight excluding hydrogens is 373 g/mol. The van der Waals surface area contributed by atoms with Crippen LogP contribution in [0.1, 0.15) is 35.8 Å². The normalized spacial score (nSPS) is 20.4. The summed E-state index contributed by atoms with van der Waals surface area (Å²) in [6, 6.07) is 4.51. The molecule has 0 spiro atoms. The molecule has 1 atom stereocenters. The summed E-state index contributed by atoms with van der Waals surface area (Å²) in [7, 11) is 0. The van der Waals surface area contributed by atoms with Gasteiger partial charge in [0, 0.05) is 13.1 Å². The van der Waals surface area contributed by atoms with Crippen molar-refractivity contribution in [2.24, 2.45) is 0 Å². The Morgan fingerprint density at radius 2 is 1.79 bits per heavy atom. The van der Waals surface area contributed by atoms with Gasteiger partial charge in [-0.3, -0.25) is 4.79 Å². The van der Waals surface area contributed by atoms with Gasteiger partial charge in [-0.2, -0.15) is 13.2 Å². The van der Waals surface area contributed by atoms with Crippen molar-refractivity contribution >= 4 is 5.91 Å². The first-order chi connectivity index (χ1) is 13.4. The van der Waals surface area contributed by atoms with E-state index in [1.165, 1.54) is 12.1 Å². The largest absolute Gasteiger partial charge is 0.416 e. The molecule has 0 N–H and O–H groups in total. The van der Waals surface area contributed by atoms with Crippen LogP contribution in [0, 0.1) is 0 Å². The third-order valence-electron chi connectivity index (χ3n) is 5.37. The SMILES string of the molecule is O=C(Cc1ccc(C(F)(F)F)cc1)N1CCn2nnnc2C1CN1CCCC1. The standard InChI is InChI=1S/C18H21F3N6O/c19-18(20,21)14-5-3-13(4-6-14)11-16(28)26-9-10-27-17(22-23-24-27)15(26)12-25-7-1-2-8-25/h3-6,15H,1-2,7-12H2. The second-order valence-electron chi connectivity index (χ2n) is 7.24. The van der Waals surface area contributed by atoms with Crippen LogP contribution in [0.25, 0.3) is 0 Å². The maximum Gasteiger partial charge on any atom is 0.416 e. The van der Waals surface area contributed by atoms with E-state index >= 15 is 0 Å². The zero-order valence-corrected chi connectivity index (χ0v) is 15.3. The summed E-state index contributed by atoms with van der Waals surface area (Å²) in [4.78, 5) is 17.0. The van der Waals surface area contributed by atoms with Gasteiger partial charge in [-0.15, -0.1) is 5.10 Å². The number of fused-ring (bicyclic) bond motifs is 1. The van der Waals surface area contributed by atoms with Gasteiger partial charge in [0.2, 0.25) is 5.91 Å². The number of carbonyl (C=O) groups excluding carboxylic acids is 1. The highest BCUT2D eigenvalue weighted by atomic mass is 19.4. The number of aromatic nitrogens is 4. The lowest BCUT2D eigenvalue weighted by Crippen LogP contribution is -2.47. The number of rotatable bonds is 4. The molecule has 1 saturated heterocycles. The minimum absolute atomic E-state index is 0.0518. The molecule has 1 unspecified atom stereocenters. The average molecular weight is 394 g/mol. The zero-order chi connectivity index (χ0) is 19.7. The zero-order valence-electron chi connectivity index (χ0n) is 15.3. The summed E-state index contributed by atoms with van der Waals surface area (Å²) in [5, 5.41) is 11.8. The van der Waals surface area contributed by atoms with Crippen molar-refractivity contribution in [3.05, 3.63) is 41.2 Å². The van der Waals surface area contributed by atoms with Crippen LogP contribution in [0.15, 0.2) is 24.3 Å². The molecule has 0 radical (unpaired) electrons. The van der Waals surface area contributed by atoms with Gasteiger partial charge in [-0.25, -0.2) is 4.68 Å². The van der Waals surface area contributed by atoms with E-state index < -0.39 is 11.7 Å². The monoisotopic (exact) mass is 394 g/mol. The molecule has 10 heteroatoms. The number of nitrogens with zero attached hydrogens (tertiary/aromatic N) is 6. The number of amides is 1. The van der Waals surface area contributed by atoms with Crippen molar-refractivity contribution in [2.75, 3.05) is 26.2 Å². The molecule has 0 aliphatic carbocycles. The van der Waals surface area contributed by atoms with Gasteiger partial charge < -0.3 is 9.80 Å². The molecule has 28 heavy (non-hydrogen) atoms. The van der Waals surface area contributed by atoms with Gasteiger partial charge in [0.1, 0.15) is 6.04 Å². The number of likely N-dealkylation sites (tertiary alicyclic amines) is 1. The van der Waals surface area contributed by atoms with Crippen LogP contribution < -0.4 is 0 Å². The van der Waals surface area contributed by atoms with Crippen LogP contribution >= 0.6 is 0 Å². The Bertz CT molecular complexity index is 829. The summed E-state index contributed by atoms with van der Waals surface area (Å²) < 4.78 is 39.9. The molecule has 1 aromatic carbocycles. The molecule has 3 heterocycles. The predicted octanol–water partition coefficient (Wildman–Crippen LogP) is 1.91. The molecule has 1 aromatic heterocycles. The fourth-order valence-electron chi connectivity index (χ4n) is 3.88. The van der Waals surface area contributed by atoms with Crippen molar-refractivity contribution < 1.29 is 18.0 Å². The number of hydrogen-bond donors (Lipinski definition) is 0. The summed E-state index contributed by atoms with van der Waals surface area (Å²) in [5.41, 5.74) is -0.157. The third-order valence-corrected chi connectivity index (χ3v) is 5.37. The van der Waals surface area contributed by atoms with Crippen LogP contribution in [0.2, 0.25) is 0 Å². The Labute approximate surface area is 160 Å². The molecule has 1 amide bonds. The predicted molar refractivity (Wildman–Crippen MR) is 93.1 cm³/mol. The molecular formula is C18H21F3N6O. The fourth-order valence-corrected chi connectivity index (χ4v) is 3.88. The van der Waals surface area contributed by atoms with Gasteiger partial charge in [-0.05, 0) is 54.1 Å². The van der Waals surface area contributed by atoms with Crippen LogP contribution in [-0.2, 0) is 23.9 Å². The van der Waals surface area contributed by atoms with Crippen LogP contribution in [0.4, 0.5) is 13.2 Å². The van der Waals surface area contributed by atoms with Gasteiger partial charge in [0.05, 0.1) is 18.5 Å². The first-order valence-electron chi connectivity index (χ1n) is 9.36. The van der Waals surface area contributed by atoms with E-state index in [1.807, 2.05) is 0 Å². The van der Waals surface area contributed by atoms with Crippen LogP contribution in [0.3, 0.4) is 0 Å². The first-order valence-corrected chi connectivity index (χ1v) is 9.36. The van der Waals surface area contributed by atoms with Gasteiger partial charge >= 0.3 is 6.18 Å². The molecule has 4 rings (SSSR count). The minimum Gasteiger partial charge on any atom is -0.329 e. The Morgan fingerprint density at radius 1 is 1.07 bits per heavy atom. The smallest absolute Gasteiger partial charge is 0.329 e. The number of halogens is 3. The Morgan fingerprint density at radius 3 is 2.46 bits per heavy atom. The number of benzene rings is 1. The lowest BCUT2D eigenvalue weighted by atomic mass is 10.1. The molecule has 0 bridgehead atoms. The van der Waals surface area contributed by atoms with Gasteiger partial charge in [-0.1, -0.05) is 12.1 Å². The number of carbonyl (C=O) groups is 1. The lowest BCUT2D eigenvalue weighted by Gasteiger charge is -2.36. The number of tetrazole rings is 1. The molecule has 0 saturated carbocycles. The van der Waals surface area contributed by atoms with E-state index in [0.717, 1.165) is 38.1 Å². The molecule has 2 aliphatic rings. The highest BCUT2D eigenvalue weighted by molar-refractivity contribution is 5.79. The van der Waals surface area contributed by atoms with Gasteiger partial charge in [0.25, 0.3) is 0 Å². The van der Waals surface area contributed by atoms with Crippen molar-refractivity contribution in [3.8, 4) is 0 Å². The summed E-state index contributed by atoms with van der Waals surface area (Å²) in [6.45, 7) is 3.63. The molecule has 2 aliphatic heterocycles. The number of hydrogen-bond acceptors (Lipinski definition) is 5. The van der Waals surface area contributed by atoms with Crippen molar-refractivity contribution in [3.63, 3.8) is 0 Å². The van der Waals surface area contributed by atoms with Crippen molar-refractivity contribution in [2.45, 2.75) is 38.0 Å². The summed E-state index contributed by atoms with van der Waals surface area (Å²) in [5.74, 6) is 0.539. The van der Waals surface area contributed by atoms with E-state index in [2.05, 4.69) is 20.4 Å². The minimum atomic E-state index is -4.38. The van der Waals surface area contributed by atoms with E-state index in [-0.39, 0.29) is 18.4 Å². The molecule has 150 valence electrons. The van der Waals surface area contributed by atoms with Crippen LogP contribution in [-0.4, -0.2) is 62.1 Å². The van der Waals surface area contributed by atoms with Crippen LogP contribution in [0.5, 0.6) is 0 Å². The maximum atomic E-state index is 13.0. The summed E-state index contributed by atoms with van der Waals surface area (Å²) in [6.07, 6.45) is -2.06. The van der Waals surface area contributed by atoms with Crippen molar-refractivity contribution in [1.29, 1.82) is 0 Å². The maximum absolute atomic E-state index is 13.0. The Kier molecular flexibility index (Phi) is 5.05. The van der Waals surface area contributed by atoms with Crippen molar-refractivity contribution in [1.82, 2.24) is 30.0 Å².